The zero-order valence-electron chi connectivity index (χ0n) is 10.6. The van der Waals surface area contributed by atoms with Crippen LogP contribution in [0.25, 0.3) is 0 Å². The van der Waals surface area contributed by atoms with Crippen molar-refractivity contribution in [3.63, 3.8) is 0 Å². The van der Waals surface area contributed by atoms with Crippen molar-refractivity contribution in [3.05, 3.63) is 54.4 Å². The van der Waals surface area contributed by atoms with Crippen LogP contribution in [0.3, 0.4) is 0 Å². The number of rotatable bonds is 4. The van der Waals surface area contributed by atoms with E-state index in [1.807, 2.05) is 0 Å². The van der Waals surface area contributed by atoms with Crippen molar-refractivity contribution in [2.75, 3.05) is 10.6 Å². The third kappa shape index (κ3) is 2.94. The summed E-state index contributed by atoms with van der Waals surface area (Å²) < 4.78 is 25.0. The molecule has 104 valence electrons. The molecule has 0 radical (unpaired) electrons. The van der Waals surface area contributed by atoms with Crippen LogP contribution >= 0.6 is 0 Å². The van der Waals surface area contributed by atoms with E-state index >= 15 is 0 Å². The first-order valence-corrected chi connectivity index (χ1v) is 7.48. The van der Waals surface area contributed by atoms with Gasteiger partial charge in [-0.2, -0.15) is 0 Å². The van der Waals surface area contributed by atoms with Gasteiger partial charge in [0.05, 0.1) is 29.4 Å². The van der Waals surface area contributed by atoms with Crippen LogP contribution in [-0.4, -0.2) is 30.7 Å². The number of pyridine rings is 1. The molecule has 0 aliphatic heterocycles. The Balaban J connectivity index is 2.59. The molecule has 7 heteroatoms. The van der Waals surface area contributed by atoms with Crippen LogP contribution < -0.4 is 4.31 Å². The molecule has 2 rings (SSSR count). The number of hydrogen-bond donors (Lipinski definition) is 1. The minimum atomic E-state index is -3.61. The Labute approximate surface area is 116 Å². The molecule has 20 heavy (non-hydrogen) atoms. The second kappa shape index (κ2) is 5.30. The summed E-state index contributed by atoms with van der Waals surface area (Å²) in [6.07, 6.45) is 3.97. The molecule has 1 heterocycles. The number of hydrogen-bond acceptors (Lipinski definition) is 4. The molecule has 0 saturated heterocycles. The Morgan fingerprint density at radius 2 is 1.90 bits per heavy atom. The minimum Gasteiger partial charge on any atom is -0.478 e. The molecule has 1 aromatic carbocycles. The fraction of sp³-hybridized carbons (Fsp3) is 0.0769. The summed E-state index contributed by atoms with van der Waals surface area (Å²) in [7, 11) is -3.61. The largest absolute Gasteiger partial charge is 0.478 e. The maximum absolute atomic E-state index is 12.0. The van der Waals surface area contributed by atoms with Gasteiger partial charge in [-0.25, -0.2) is 17.5 Å². The fourth-order valence-corrected chi connectivity index (χ4v) is 2.76. The number of nitrogens with zero attached hydrogens (tertiary/aromatic N) is 2. The van der Waals surface area contributed by atoms with E-state index in [1.54, 1.807) is 12.1 Å². The van der Waals surface area contributed by atoms with Gasteiger partial charge in [0.25, 0.3) is 0 Å². The van der Waals surface area contributed by atoms with Gasteiger partial charge >= 0.3 is 5.97 Å². The third-order valence-electron chi connectivity index (χ3n) is 2.54. The summed E-state index contributed by atoms with van der Waals surface area (Å²) in [5, 5.41) is 8.98. The molecule has 6 nitrogen and oxygen atoms in total. The van der Waals surface area contributed by atoms with Crippen LogP contribution in [0.4, 0.5) is 11.4 Å². The van der Waals surface area contributed by atoms with Gasteiger partial charge in [0.15, 0.2) is 0 Å². The predicted molar refractivity (Wildman–Crippen MR) is 74.6 cm³/mol. The molecular formula is C13H12N2O4S. The first kappa shape index (κ1) is 14.0. The average Bonchev–Trinajstić information content (AvgIpc) is 2.39. The number of carboxylic acid groups (broad SMARTS) is 1. The Hall–Kier alpha value is -2.41. The van der Waals surface area contributed by atoms with Gasteiger partial charge in [0, 0.05) is 6.20 Å². The second-order valence-corrected chi connectivity index (χ2v) is 5.93. The number of anilines is 2. The lowest BCUT2D eigenvalue weighted by Gasteiger charge is -2.22. The highest BCUT2D eigenvalue weighted by molar-refractivity contribution is 7.92. The SMILES string of the molecule is CS(=O)(=O)N(c1cccnc1)c1cccc(C(=O)O)c1. The summed E-state index contributed by atoms with van der Waals surface area (Å²) in [4.78, 5) is 14.9. The maximum atomic E-state index is 12.0. The summed E-state index contributed by atoms with van der Waals surface area (Å²) in [5.41, 5.74) is 0.609. The van der Waals surface area contributed by atoms with E-state index in [0.29, 0.717) is 5.69 Å². The van der Waals surface area contributed by atoms with E-state index in [0.717, 1.165) is 10.6 Å². The van der Waals surface area contributed by atoms with Gasteiger partial charge in [0.1, 0.15) is 0 Å². The quantitative estimate of drug-likeness (QED) is 0.929. The van der Waals surface area contributed by atoms with E-state index in [2.05, 4.69) is 4.98 Å². The normalized spacial score (nSPS) is 11.1. The van der Waals surface area contributed by atoms with Gasteiger partial charge in [-0.1, -0.05) is 6.07 Å². The van der Waals surface area contributed by atoms with E-state index < -0.39 is 16.0 Å². The Kier molecular flexibility index (Phi) is 3.71. The second-order valence-electron chi connectivity index (χ2n) is 4.09. The van der Waals surface area contributed by atoms with Crippen molar-refractivity contribution in [1.29, 1.82) is 0 Å². The summed E-state index contributed by atoms with van der Waals surface area (Å²) in [6, 6.07) is 8.91. The average molecular weight is 292 g/mol. The molecule has 0 aliphatic carbocycles. The van der Waals surface area contributed by atoms with Crippen LogP contribution in [0.2, 0.25) is 0 Å². The van der Waals surface area contributed by atoms with E-state index in [1.165, 1.54) is 36.7 Å². The van der Waals surface area contributed by atoms with Crippen LogP contribution in [0, 0.1) is 0 Å². The number of benzene rings is 1. The van der Waals surface area contributed by atoms with E-state index in [-0.39, 0.29) is 11.3 Å². The minimum absolute atomic E-state index is 0.0139. The number of carbonyl (C=O) groups is 1. The van der Waals surface area contributed by atoms with Crippen LogP contribution in [-0.2, 0) is 10.0 Å². The molecule has 0 fully saturated rings. The number of aromatic carboxylic acids is 1. The fourth-order valence-electron chi connectivity index (χ4n) is 1.77. The number of sulfonamides is 1. The molecule has 0 saturated carbocycles. The van der Waals surface area contributed by atoms with Gasteiger partial charge in [-0.05, 0) is 30.3 Å². The highest BCUT2D eigenvalue weighted by Crippen LogP contribution is 2.28. The molecule has 0 atom stereocenters. The Morgan fingerprint density at radius 3 is 2.45 bits per heavy atom. The highest BCUT2D eigenvalue weighted by Gasteiger charge is 2.20. The van der Waals surface area contributed by atoms with Gasteiger partial charge in [-0.15, -0.1) is 0 Å². The monoisotopic (exact) mass is 292 g/mol. The molecule has 0 bridgehead atoms. The van der Waals surface area contributed by atoms with Crippen molar-refractivity contribution in [2.45, 2.75) is 0 Å². The molecule has 2 aromatic rings. The molecule has 0 amide bonds. The van der Waals surface area contributed by atoms with Crippen LogP contribution in [0.1, 0.15) is 10.4 Å². The lowest BCUT2D eigenvalue weighted by molar-refractivity contribution is 0.0697. The van der Waals surface area contributed by atoms with Crippen molar-refractivity contribution < 1.29 is 18.3 Å². The van der Waals surface area contributed by atoms with Crippen LogP contribution in [0.15, 0.2) is 48.8 Å². The summed E-state index contributed by atoms with van der Waals surface area (Å²) >= 11 is 0. The van der Waals surface area contributed by atoms with Gasteiger partial charge in [0.2, 0.25) is 10.0 Å². The zero-order valence-corrected chi connectivity index (χ0v) is 11.4. The summed E-state index contributed by atoms with van der Waals surface area (Å²) in [6.45, 7) is 0. The molecule has 1 N–H and O–H groups in total. The van der Waals surface area contributed by atoms with E-state index in [9.17, 15) is 13.2 Å². The smallest absolute Gasteiger partial charge is 0.335 e. The number of aromatic nitrogens is 1. The lowest BCUT2D eigenvalue weighted by Crippen LogP contribution is -2.25. The highest BCUT2D eigenvalue weighted by atomic mass is 32.2. The molecular weight excluding hydrogens is 280 g/mol. The Morgan fingerprint density at radius 1 is 1.20 bits per heavy atom. The zero-order chi connectivity index (χ0) is 14.8. The molecule has 1 aromatic heterocycles. The van der Waals surface area contributed by atoms with Crippen molar-refractivity contribution >= 4 is 27.4 Å². The van der Waals surface area contributed by atoms with Crippen molar-refractivity contribution in [3.8, 4) is 0 Å². The number of carboxylic acids is 1. The first-order chi connectivity index (χ1) is 9.39. The van der Waals surface area contributed by atoms with Crippen molar-refractivity contribution in [2.24, 2.45) is 0 Å². The summed E-state index contributed by atoms with van der Waals surface area (Å²) in [5.74, 6) is -1.12. The molecule has 0 aliphatic rings. The maximum Gasteiger partial charge on any atom is 0.335 e. The van der Waals surface area contributed by atoms with Crippen LogP contribution in [0.5, 0.6) is 0 Å². The Bertz CT molecular complexity index is 729. The topological polar surface area (TPSA) is 87.6 Å². The molecule has 0 unspecified atom stereocenters. The first-order valence-electron chi connectivity index (χ1n) is 5.63. The lowest BCUT2D eigenvalue weighted by atomic mass is 10.2. The van der Waals surface area contributed by atoms with Crippen molar-refractivity contribution in [1.82, 2.24) is 4.98 Å². The third-order valence-corrected chi connectivity index (χ3v) is 3.62. The predicted octanol–water partition coefficient (Wildman–Crippen LogP) is 1.88. The molecule has 0 spiro atoms. The van der Waals surface area contributed by atoms with E-state index in [4.69, 9.17) is 5.11 Å². The standard InChI is InChI=1S/C13H12N2O4S/c1-20(18,19)15(12-6-3-7-14-9-12)11-5-2-4-10(8-11)13(16)17/h2-9H,1H3,(H,16,17). The van der Waals surface area contributed by atoms with Gasteiger partial charge < -0.3 is 5.11 Å². The van der Waals surface area contributed by atoms with Gasteiger partial charge in [-0.3, -0.25) is 4.98 Å².